The molecule has 1 N–H and O–H groups in total. The largest absolute Gasteiger partial charge is 0.497 e. The van der Waals surface area contributed by atoms with Crippen LogP contribution in [0, 0.1) is 0 Å². The molecule has 2 amide bonds. The summed E-state index contributed by atoms with van der Waals surface area (Å²) < 4.78 is 5.05. The van der Waals surface area contributed by atoms with Gasteiger partial charge < -0.3 is 15.0 Å². The Morgan fingerprint density at radius 2 is 2.00 bits per heavy atom. The normalized spacial score (nSPS) is 11.8. The molecule has 1 unspecified atom stereocenters. The molecule has 0 radical (unpaired) electrons. The Bertz CT molecular complexity index is 362. The van der Waals surface area contributed by atoms with Gasteiger partial charge in [0.1, 0.15) is 5.75 Å². The van der Waals surface area contributed by atoms with Gasteiger partial charge in [-0.15, -0.1) is 0 Å². The highest BCUT2D eigenvalue weighted by molar-refractivity contribution is 5.89. The second-order valence-corrected chi connectivity index (χ2v) is 4.03. The van der Waals surface area contributed by atoms with Crippen LogP contribution in [-0.4, -0.2) is 31.1 Å². The number of hydrogen-bond donors (Lipinski definition) is 1. The van der Waals surface area contributed by atoms with E-state index >= 15 is 0 Å². The van der Waals surface area contributed by atoms with E-state index in [0.29, 0.717) is 0 Å². The van der Waals surface area contributed by atoms with Crippen molar-refractivity contribution in [2.45, 2.75) is 26.3 Å². The molecule has 1 atom stereocenters. The molecule has 0 bridgehead atoms. The van der Waals surface area contributed by atoms with Crippen LogP contribution < -0.4 is 10.1 Å². The Morgan fingerprint density at radius 3 is 2.47 bits per heavy atom. The summed E-state index contributed by atoms with van der Waals surface area (Å²) in [6.45, 7) is 4.08. The van der Waals surface area contributed by atoms with E-state index in [1.54, 1.807) is 19.1 Å². The summed E-state index contributed by atoms with van der Waals surface area (Å²) in [7, 11) is 3.41. The van der Waals surface area contributed by atoms with Crippen LogP contribution >= 0.6 is 0 Å². The SMILES string of the molecule is CCC(C)N(C)C(=O)Nc1ccc(OC)cc1. The summed E-state index contributed by atoms with van der Waals surface area (Å²) in [5.41, 5.74) is 0.769. The van der Waals surface area contributed by atoms with E-state index in [1.807, 2.05) is 31.2 Å². The number of nitrogens with zero attached hydrogens (tertiary/aromatic N) is 1. The van der Waals surface area contributed by atoms with E-state index in [2.05, 4.69) is 12.2 Å². The fraction of sp³-hybridized carbons (Fsp3) is 0.462. The van der Waals surface area contributed by atoms with Crippen LogP contribution in [0.25, 0.3) is 0 Å². The van der Waals surface area contributed by atoms with Gasteiger partial charge in [0.15, 0.2) is 0 Å². The van der Waals surface area contributed by atoms with Gasteiger partial charge in [0.25, 0.3) is 0 Å². The number of carbonyl (C=O) groups excluding carboxylic acids is 1. The number of nitrogens with one attached hydrogen (secondary N) is 1. The second-order valence-electron chi connectivity index (χ2n) is 4.03. The van der Waals surface area contributed by atoms with Crippen molar-refractivity contribution in [1.82, 2.24) is 4.90 Å². The number of methoxy groups -OCH3 is 1. The zero-order valence-corrected chi connectivity index (χ0v) is 10.9. The molecule has 4 nitrogen and oxygen atoms in total. The predicted octanol–water partition coefficient (Wildman–Crippen LogP) is 2.96. The zero-order chi connectivity index (χ0) is 12.8. The molecule has 0 saturated heterocycles. The Labute approximate surface area is 103 Å². The number of ether oxygens (including phenoxy) is 1. The minimum Gasteiger partial charge on any atom is -0.497 e. The van der Waals surface area contributed by atoms with Crippen molar-refractivity contribution in [2.75, 3.05) is 19.5 Å². The van der Waals surface area contributed by atoms with Crippen molar-refractivity contribution in [3.8, 4) is 5.75 Å². The molecule has 0 aliphatic rings. The van der Waals surface area contributed by atoms with Gasteiger partial charge in [-0.25, -0.2) is 4.79 Å². The minimum absolute atomic E-state index is 0.0930. The Kier molecular flexibility index (Phi) is 4.82. The molecule has 0 aromatic heterocycles. The predicted molar refractivity (Wildman–Crippen MR) is 69.5 cm³/mol. The first-order valence-electron chi connectivity index (χ1n) is 5.76. The molecular weight excluding hydrogens is 216 g/mol. The first-order valence-corrected chi connectivity index (χ1v) is 5.76. The van der Waals surface area contributed by atoms with Gasteiger partial charge in [0, 0.05) is 18.8 Å². The molecule has 1 rings (SSSR count). The second kappa shape index (κ2) is 6.13. The van der Waals surface area contributed by atoms with E-state index in [0.717, 1.165) is 17.9 Å². The van der Waals surface area contributed by atoms with Gasteiger partial charge in [-0.2, -0.15) is 0 Å². The maximum atomic E-state index is 11.9. The molecule has 0 spiro atoms. The lowest BCUT2D eigenvalue weighted by molar-refractivity contribution is 0.206. The Hall–Kier alpha value is -1.71. The third-order valence-corrected chi connectivity index (χ3v) is 2.91. The van der Waals surface area contributed by atoms with E-state index < -0.39 is 0 Å². The third-order valence-electron chi connectivity index (χ3n) is 2.91. The van der Waals surface area contributed by atoms with Crippen molar-refractivity contribution >= 4 is 11.7 Å². The van der Waals surface area contributed by atoms with Crippen LogP contribution in [-0.2, 0) is 0 Å². The number of urea groups is 1. The van der Waals surface area contributed by atoms with Crippen molar-refractivity contribution < 1.29 is 9.53 Å². The monoisotopic (exact) mass is 236 g/mol. The average Bonchev–Trinajstić information content (AvgIpc) is 2.37. The lowest BCUT2D eigenvalue weighted by Crippen LogP contribution is -2.37. The number of rotatable bonds is 4. The first-order chi connectivity index (χ1) is 8.08. The quantitative estimate of drug-likeness (QED) is 0.873. The third kappa shape index (κ3) is 3.66. The molecule has 0 aliphatic carbocycles. The molecule has 17 heavy (non-hydrogen) atoms. The van der Waals surface area contributed by atoms with E-state index in [9.17, 15) is 4.79 Å². The van der Waals surface area contributed by atoms with Crippen LogP contribution in [0.4, 0.5) is 10.5 Å². The summed E-state index contributed by atoms with van der Waals surface area (Å²) in [4.78, 5) is 13.5. The number of hydrogen-bond acceptors (Lipinski definition) is 2. The highest BCUT2D eigenvalue weighted by Crippen LogP contribution is 2.15. The average molecular weight is 236 g/mol. The van der Waals surface area contributed by atoms with Gasteiger partial charge >= 0.3 is 6.03 Å². The van der Waals surface area contributed by atoms with Gasteiger partial charge in [-0.3, -0.25) is 0 Å². The molecule has 0 heterocycles. The van der Waals surface area contributed by atoms with Crippen LogP contribution in [0.1, 0.15) is 20.3 Å². The molecule has 0 fully saturated rings. The maximum absolute atomic E-state index is 11.9. The van der Waals surface area contributed by atoms with Crippen molar-refractivity contribution in [3.63, 3.8) is 0 Å². The number of anilines is 1. The summed E-state index contributed by atoms with van der Waals surface area (Å²) in [5, 5.41) is 2.84. The number of amides is 2. The number of benzene rings is 1. The van der Waals surface area contributed by atoms with Crippen LogP contribution in [0.2, 0.25) is 0 Å². The summed E-state index contributed by atoms with van der Waals surface area (Å²) in [6.07, 6.45) is 0.937. The molecule has 1 aromatic rings. The number of carbonyl (C=O) groups is 1. The molecule has 0 aliphatic heterocycles. The fourth-order valence-corrected chi connectivity index (χ4v) is 1.36. The van der Waals surface area contributed by atoms with Crippen molar-refractivity contribution in [1.29, 1.82) is 0 Å². The molecule has 1 aromatic carbocycles. The zero-order valence-electron chi connectivity index (χ0n) is 10.9. The van der Waals surface area contributed by atoms with Gasteiger partial charge in [-0.1, -0.05) is 6.92 Å². The lowest BCUT2D eigenvalue weighted by atomic mass is 10.2. The topological polar surface area (TPSA) is 41.6 Å². The molecule has 4 heteroatoms. The van der Waals surface area contributed by atoms with Crippen molar-refractivity contribution in [2.24, 2.45) is 0 Å². The highest BCUT2D eigenvalue weighted by atomic mass is 16.5. The minimum atomic E-state index is -0.0930. The molecular formula is C13H20N2O2. The van der Waals surface area contributed by atoms with E-state index in [-0.39, 0.29) is 12.1 Å². The van der Waals surface area contributed by atoms with Crippen LogP contribution in [0.3, 0.4) is 0 Å². The van der Waals surface area contributed by atoms with Crippen LogP contribution in [0.15, 0.2) is 24.3 Å². The standard InChI is InChI=1S/C13H20N2O2/c1-5-10(2)15(3)13(16)14-11-6-8-12(17-4)9-7-11/h6-10H,5H2,1-4H3,(H,14,16). The molecule has 94 valence electrons. The maximum Gasteiger partial charge on any atom is 0.321 e. The lowest BCUT2D eigenvalue weighted by Gasteiger charge is -2.24. The fourth-order valence-electron chi connectivity index (χ4n) is 1.36. The highest BCUT2D eigenvalue weighted by Gasteiger charge is 2.13. The summed E-state index contributed by atoms with van der Waals surface area (Å²) >= 11 is 0. The van der Waals surface area contributed by atoms with Gasteiger partial charge in [0.2, 0.25) is 0 Å². The summed E-state index contributed by atoms with van der Waals surface area (Å²) in [5.74, 6) is 0.776. The van der Waals surface area contributed by atoms with Crippen LogP contribution in [0.5, 0.6) is 5.75 Å². The Balaban J connectivity index is 2.61. The van der Waals surface area contributed by atoms with E-state index in [1.165, 1.54) is 0 Å². The van der Waals surface area contributed by atoms with E-state index in [4.69, 9.17) is 4.74 Å². The van der Waals surface area contributed by atoms with Gasteiger partial charge in [0.05, 0.1) is 7.11 Å². The molecule has 0 saturated carbocycles. The first kappa shape index (κ1) is 13.4. The van der Waals surface area contributed by atoms with Gasteiger partial charge in [-0.05, 0) is 37.6 Å². The Morgan fingerprint density at radius 1 is 1.41 bits per heavy atom. The smallest absolute Gasteiger partial charge is 0.321 e. The van der Waals surface area contributed by atoms with Crippen molar-refractivity contribution in [3.05, 3.63) is 24.3 Å². The summed E-state index contributed by atoms with van der Waals surface area (Å²) in [6, 6.07) is 7.41.